The summed E-state index contributed by atoms with van der Waals surface area (Å²) in [6, 6.07) is 3.48. The Morgan fingerprint density at radius 3 is 2.38 bits per heavy atom. The molecule has 0 amide bonds. The Morgan fingerprint density at radius 1 is 1.38 bits per heavy atom. The Hall–Kier alpha value is -0.550. The minimum Gasteiger partial charge on any atom is -0.506 e. The van der Waals surface area contributed by atoms with E-state index in [0.29, 0.717) is 8.95 Å². The zero-order chi connectivity index (χ0) is 9.84. The Bertz CT molecular complexity index is 316. The third-order valence-corrected chi connectivity index (χ3v) is 2.56. The Balaban J connectivity index is 3.06. The van der Waals surface area contributed by atoms with E-state index >= 15 is 0 Å². The fourth-order valence-corrected chi connectivity index (χ4v) is 2.00. The predicted octanol–water partition coefficient (Wildman–Crippen LogP) is 2.90. The van der Waals surface area contributed by atoms with Crippen molar-refractivity contribution in [1.82, 2.24) is 0 Å². The first kappa shape index (κ1) is 10.5. The molecular formula is C8H7Br2NO2. The highest BCUT2D eigenvalue weighted by molar-refractivity contribution is 9.11. The molecule has 0 bridgehead atoms. The van der Waals surface area contributed by atoms with Gasteiger partial charge in [-0.15, -0.1) is 0 Å². The highest BCUT2D eigenvalue weighted by Crippen LogP contribution is 2.32. The van der Waals surface area contributed by atoms with Crippen molar-refractivity contribution in [3.63, 3.8) is 0 Å². The molecule has 13 heavy (non-hydrogen) atoms. The summed E-state index contributed by atoms with van der Waals surface area (Å²) in [6.07, 6.45) is 1.55. The predicted molar refractivity (Wildman–Crippen MR) is 58.1 cm³/mol. The van der Waals surface area contributed by atoms with Crippen molar-refractivity contribution in [1.29, 1.82) is 0 Å². The smallest absolute Gasteiger partial charge is 0.143 e. The van der Waals surface area contributed by atoms with Crippen LogP contribution in [0.2, 0.25) is 0 Å². The molecule has 5 heteroatoms. The van der Waals surface area contributed by atoms with Crippen LogP contribution in [0.15, 0.2) is 26.2 Å². The van der Waals surface area contributed by atoms with Crippen molar-refractivity contribution >= 4 is 38.1 Å². The van der Waals surface area contributed by atoms with E-state index in [1.165, 1.54) is 7.11 Å². The first-order valence-electron chi connectivity index (χ1n) is 3.39. The SMILES string of the molecule is CO/N=C/c1cc(Br)c(O)c(Br)c1. The van der Waals surface area contributed by atoms with Gasteiger partial charge in [0.2, 0.25) is 0 Å². The first-order valence-corrected chi connectivity index (χ1v) is 4.98. The molecule has 1 aromatic rings. The van der Waals surface area contributed by atoms with E-state index in [0.717, 1.165) is 5.56 Å². The topological polar surface area (TPSA) is 41.8 Å². The molecule has 0 fully saturated rings. The summed E-state index contributed by atoms with van der Waals surface area (Å²) < 4.78 is 1.22. The average molecular weight is 309 g/mol. The number of hydrogen-bond acceptors (Lipinski definition) is 3. The van der Waals surface area contributed by atoms with Gasteiger partial charge in [-0.2, -0.15) is 0 Å². The Morgan fingerprint density at radius 2 is 1.92 bits per heavy atom. The van der Waals surface area contributed by atoms with Gasteiger partial charge in [0.15, 0.2) is 0 Å². The summed E-state index contributed by atoms with van der Waals surface area (Å²) in [5, 5.41) is 13.0. The van der Waals surface area contributed by atoms with Crippen LogP contribution in [0.25, 0.3) is 0 Å². The molecule has 1 rings (SSSR count). The number of benzene rings is 1. The molecule has 0 aliphatic heterocycles. The Labute approximate surface area is 92.7 Å². The lowest BCUT2D eigenvalue weighted by molar-refractivity contribution is 0.215. The van der Waals surface area contributed by atoms with Gasteiger partial charge in [0.25, 0.3) is 0 Å². The second-order valence-electron chi connectivity index (χ2n) is 2.25. The zero-order valence-corrected chi connectivity index (χ0v) is 9.96. The van der Waals surface area contributed by atoms with Crippen LogP contribution < -0.4 is 0 Å². The van der Waals surface area contributed by atoms with Gasteiger partial charge in [-0.05, 0) is 49.6 Å². The summed E-state index contributed by atoms with van der Waals surface area (Å²) in [5.74, 6) is 0.176. The van der Waals surface area contributed by atoms with E-state index in [9.17, 15) is 5.11 Å². The molecule has 0 saturated carbocycles. The third kappa shape index (κ3) is 2.70. The second-order valence-corrected chi connectivity index (χ2v) is 3.96. The molecule has 70 valence electrons. The maximum absolute atomic E-state index is 9.39. The minimum absolute atomic E-state index is 0.176. The summed E-state index contributed by atoms with van der Waals surface area (Å²) in [5.41, 5.74) is 0.832. The quantitative estimate of drug-likeness (QED) is 0.674. The van der Waals surface area contributed by atoms with Gasteiger partial charge in [0.05, 0.1) is 15.2 Å². The molecule has 0 unspecified atom stereocenters. The first-order chi connectivity index (χ1) is 6.15. The highest BCUT2D eigenvalue weighted by Gasteiger charge is 2.04. The van der Waals surface area contributed by atoms with Gasteiger partial charge in [-0.25, -0.2) is 0 Å². The second kappa shape index (κ2) is 4.62. The molecule has 0 saturated heterocycles. The van der Waals surface area contributed by atoms with Crippen molar-refractivity contribution in [2.24, 2.45) is 5.16 Å². The van der Waals surface area contributed by atoms with Gasteiger partial charge in [-0.1, -0.05) is 5.16 Å². The molecule has 0 atom stereocenters. The van der Waals surface area contributed by atoms with Crippen molar-refractivity contribution < 1.29 is 9.94 Å². The maximum atomic E-state index is 9.39. The number of phenolic OH excluding ortho intramolecular Hbond substituents is 1. The van der Waals surface area contributed by atoms with E-state index in [1.807, 2.05) is 0 Å². The molecule has 0 aromatic heterocycles. The summed E-state index contributed by atoms with van der Waals surface area (Å²) in [7, 11) is 1.47. The number of rotatable bonds is 2. The van der Waals surface area contributed by atoms with Crippen LogP contribution in [-0.2, 0) is 4.84 Å². The average Bonchev–Trinajstić information content (AvgIpc) is 2.10. The van der Waals surface area contributed by atoms with Gasteiger partial charge < -0.3 is 9.94 Å². The van der Waals surface area contributed by atoms with Crippen molar-refractivity contribution in [3.05, 3.63) is 26.6 Å². The largest absolute Gasteiger partial charge is 0.506 e. The lowest BCUT2D eigenvalue weighted by atomic mass is 10.2. The number of aromatic hydroxyl groups is 1. The Kier molecular flexibility index (Phi) is 3.74. The van der Waals surface area contributed by atoms with Gasteiger partial charge >= 0.3 is 0 Å². The molecule has 0 aliphatic carbocycles. The molecule has 1 N–H and O–H groups in total. The van der Waals surface area contributed by atoms with E-state index < -0.39 is 0 Å². The molecule has 0 heterocycles. The van der Waals surface area contributed by atoms with E-state index in [4.69, 9.17) is 0 Å². The molecular weight excluding hydrogens is 302 g/mol. The summed E-state index contributed by atoms with van der Waals surface area (Å²) >= 11 is 6.41. The fraction of sp³-hybridized carbons (Fsp3) is 0.125. The normalized spacial score (nSPS) is 10.7. The fourth-order valence-electron chi connectivity index (χ4n) is 0.773. The minimum atomic E-state index is 0.176. The maximum Gasteiger partial charge on any atom is 0.143 e. The number of oxime groups is 1. The van der Waals surface area contributed by atoms with Crippen LogP contribution in [0.3, 0.4) is 0 Å². The van der Waals surface area contributed by atoms with Crippen molar-refractivity contribution in [2.75, 3.05) is 7.11 Å². The number of halogens is 2. The zero-order valence-electron chi connectivity index (χ0n) is 6.79. The van der Waals surface area contributed by atoms with Crippen LogP contribution in [0, 0.1) is 0 Å². The lowest BCUT2D eigenvalue weighted by Gasteiger charge is -2.01. The molecule has 0 aliphatic rings. The van der Waals surface area contributed by atoms with E-state index in [-0.39, 0.29) is 5.75 Å². The molecule has 0 radical (unpaired) electrons. The summed E-state index contributed by atoms with van der Waals surface area (Å²) in [6.45, 7) is 0. The standard InChI is InChI=1S/C8H7Br2NO2/c1-13-11-4-5-2-6(9)8(12)7(10)3-5/h2-4,12H,1H3/b11-4+. The van der Waals surface area contributed by atoms with Gasteiger partial charge in [0, 0.05) is 0 Å². The van der Waals surface area contributed by atoms with Crippen LogP contribution in [0.5, 0.6) is 5.75 Å². The number of hydrogen-bond donors (Lipinski definition) is 1. The molecule has 1 aromatic carbocycles. The number of nitrogens with zero attached hydrogens (tertiary/aromatic N) is 1. The third-order valence-electron chi connectivity index (χ3n) is 1.35. The van der Waals surface area contributed by atoms with Crippen LogP contribution in [-0.4, -0.2) is 18.4 Å². The number of phenols is 1. The highest BCUT2D eigenvalue weighted by atomic mass is 79.9. The van der Waals surface area contributed by atoms with Crippen LogP contribution in [0.1, 0.15) is 5.56 Å². The monoisotopic (exact) mass is 307 g/mol. The van der Waals surface area contributed by atoms with Crippen LogP contribution in [0.4, 0.5) is 0 Å². The molecule has 0 spiro atoms. The van der Waals surface area contributed by atoms with Crippen molar-refractivity contribution in [3.8, 4) is 5.75 Å². The molecule has 3 nitrogen and oxygen atoms in total. The van der Waals surface area contributed by atoms with Gasteiger partial charge in [0.1, 0.15) is 12.9 Å². The van der Waals surface area contributed by atoms with E-state index in [2.05, 4.69) is 41.9 Å². The lowest BCUT2D eigenvalue weighted by Crippen LogP contribution is -1.83. The van der Waals surface area contributed by atoms with Crippen LogP contribution >= 0.6 is 31.9 Å². The van der Waals surface area contributed by atoms with Crippen molar-refractivity contribution in [2.45, 2.75) is 0 Å². The van der Waals surface area contributed by atoms with Gasteiger partial charge in [-0.3, -0.25) is 0 Å². The summed E-state index contributed by atoms with van der Waals surface area (Å²) in [4.78, 5) is 4.53. The van der Waals surface area contributed by atoms with E-state index in [1.54, 1.807) is 18.3 Å².